The highest BCUT2D eigenvalue weighted by atomic mass is 19.1. The van der Waals surface area contributed by atoms with Crippen LogP contribution in [-0.4, -0.2) is 19.3 Å². The summed E-state index contributed by atoms with van der Waals surface area (Å²) in [5.74, 6) is -1.07. The largest absolute Gasteiger partial charge is 0.395 e. The first kappa shape index (κ1) is 12.1. The molecule has 0 bridgehead atoms. The van der Waals surface area contributed by atoms with E-state index in [4.69, 9.17) is 10.5 Å². The zero-order chi connectivity index (χ0) is 12.4. The van der Waals surface area contributed by atoms with Gasteiger partial charge in [-0.25, -0.2) is 8.78 Å². The molecule has 1 aliphatic heterocycles. The van der Waals surface area contributed by atoms with E-state index in [2.05, 4.69) is 5.32 Å². The Morgan fingerprint density at radius 3 is 2.88 bits per heavy atom. The molecule has 2 unspecified atom stereocenters. The molecule has 1 fully saturated rings. The summed E-state index contributed by atoms with van der Waals surface area (Å²) in [4.78, 5) is 0. The minimum atomic E-state index is -0.729. The van der Waals surface area contributed by atoms with Crippen LogP contribution in [0.2, 0.25) is 0 Å². The van der Waals surface area contributed by atoms with Gasteiger partial charge in [0.2, 0.25) is 0 Å². The molecule has 1 aromatic rings. The van der Waals surface area contributed by atoms with Gasteiger partial charge in [0.1, 0.15) is 5.82 Å². The normalized spacial score (nSPS) is 24.6. The van der Waals surface area contributed by atoms with Gasteiger partial charge in [-0.2, -0.15) is 0 Å². The summed E-state index contributed by atoms with van der Waals surface area (Å²) in [6.07, 6.45) is 0.804. The standard InChI is InChI=1S/C12H16F2N2O/c1-7-6-17-3-2-10(7)16-11-5-8(13)4-9(14)12(11)15/h4-5,7,10,16H,2-3,6,15H2,1H3. The number of benzene rings is 1. The molecule has 3 nitrogen and oxygen atoms in total. The molecule has 3 N–H and O–H groups in total. The minimum Gasteiger partial charge on any atom is -0.395 e. The van der Waals surface area contributed by atoms with Gasteiger partial charge in [0.05, 0.1) is 18.0 Å². The van der Waals surface area contributed by atoms with Crippen molar-refractivity contribution in [2.24, 2.45) is 5.92 Å². The van der Waals surface area contributed by atoms with Gasteiger partial charge in [-0.3, -0.25) is 0 Å². The third-order valence-corrected chi connectivity index (χ3v) is 3.08. The highest BCUT2D eigenvalue weighted by Gasteiger charge is 2.22. The van der Waals surface area contributed by atoms with Crippen LogP contribution in [0.3, 0.4) is 0 Å². The molecular formula is C12H16F2N2O. The second-order valence-electron chi connectivity index (χ2n) is 4.44. The maximum absolute atomic E-state index is 13.3. The van der Waals surface area contributed by atoms with Crippen molar-refractivity contribution in [2.45, 2.75) is 19.4 Å². The molecule has 1 saturated heterocycles. The Bertz CT molecular complexity index is 412. The summed E-state index contributed by atoms with van der Waals surface area (Å²) in [6.45, 7) is 3.33. The molecule has 1 aliphatic rings. The molecule has 17 heavy (non-hydrogen) atoms. The third-order valence-electron chi connectivity index (χ3n) is 3.08. The third kappa shape index (κ3) is 2.66. The van der Waals surface area contributed by atoms with E-state index in [-0.39, 0.29) is 17.6 Å². The van der Waals surface area contributed by atoms with Crippen LogP contribution in [0.1, 0.15) is 13.3 Å². The Kier molecular flexibility index (Phi) is 3.47. The van der Waals surface area contributed by atoms with Crippen molar-refractivity contribution < 1.29 is 13.5 Å². The van der Waals surface area contributed by atoms with Crippen molar-refractivity contribution >= 4 is 11.4 Å². The lowest BCUT2D eigenvalue weighted by molar-refractivity contribution is 0.0538. The molecule has 1 heterocycles. The first-order chi connectivity index (χ1) is 8.08. The fourth-order valence-corrected chi connectivity index (χ4v) is 2.00. The monoisotopic (exact) mass is 242 g/mol. The van der Waals surface area contributed by atoms with Crippen LogP contribution >= 0.6 is 0 Å². The van der Waals surface area contributed by atoms with E-state index in [9.17, 15) is 8.78 Å². The Morgan fingerprint density at radius 1 is 1.41 bits per heavy atom. The van der Waals surface area contributed by atoms with E-state index in [1.165, 1.54) is 6.07 Å². The van der Waals surface area contributed by atoms with Crippen LogP contribution in [0.4, 0.5) is 20.2 Å². The molecule has 0 amide bonds. The van der Waals surface area contributed by atoms with Gasteiger partial charge in [-0.05, 0) is 18.4 Å². The second kappa shape index (κ2) is 4.87. The van der Waals surface area contributed by atoms with E-state index in [1.54, 1.807) is 0 Å². The molecule has 94 valence electrons. The number of nitrogen functional groups attached to an aromatic ring is 1. The first-order valence-corrected chi connectivity index (χ1v) is 5.66. The van der Waals surface area contributed by atoms with Gasteiger partial charge in [0.15, 0.2) is 5.82 Å². The summed E-state index contributed by atoms with van der Waals surface area (Å²) in [5.41, 5.74) is 5.86. The smallest absolute Gasteiger partial charge is 0.151 e. The lowest BCUT2D eigenvalue weighted by Gasteiger charge is -2.30. The van der Waals surface area contributed by atoms with Crippen molar-refractivity contribution in [3.63, 3.8) is 0 Å². The first-order valence-electron chi connectivity index (χ1n) is 5.66. The van der Waals surface area contributed by atoms with E-state index in [0.717, 1.165) is 12.5 Å². The minimum absolute atomic E-state index is 0.0370. The van der Waals surface area contributed by atoms with Gasteiger partial charge in [-0.15, -0.1) is 0 Å². The molecule has 0 radical (unpaired) electrons. The van der Waals surface area contributed by atoms with Crippen LogP contribution < -0.4 is 11.1 Å². The zero-order valence-corrected chi connectivity index (χ0v) is 9.67. The average Bonchev–Trinajstić information content (AvgIpc) is 2.28. The lowest BCUT2D eigenvalue weighted by atomic mass is 9.97. The fourth-order valence-electron chi connectivity index (χ4n) is 2.00. The van der Waals surface area contributed by atoms with E-state index in [1.807, 2.05) is 6.92 Å². The van der Waals surface area contributed by atoms with Crippen molar-refractivity contribution in [1.82, 2.24) is 0 Å². The number of halogens is 2. The van der Waals surface area contributed by atoms with Crippen molar-refractivity contribution in [2.75, 3.05) is 24.3 Å². The number of hydrogen-bond donors (Lipinski definition) is 2. The summed E-state index contributed by atoms with van der Waals surface area (Å²) in [6, 6.07) is 2.14. The summed E-state index contributed by atoms with van der Waals surface area (Å²) < 4.78 is 31.7. The zero-order valence-electron chi connectivity index (χ0n) is 9.67. The molecule has 0 aromatic heterocycles. The van der Waals surface area contributed by atoms with Crippen LogP contribution in [-0.2, 0) is 4.74 Å². The molecule has 0 spiro atoms. The Labute approximate surface area is 98.9 Å². The Hall–Kier alpha value is -1.36. The summed E-state index contributed by atoms with van der Waals surface area (Å²) in [7, 11) is 0. The number of hydrogen-bond acceptors (Lipinski definition) is 3. The molecule has 2 rings (SSSR count). The average molecular weight is 242 g/mol. The summed E-state index contributed by atoms with van der Waals surface area (Å²) in [5, 5.41) is 3.10. The molecule has 2 atom stereocenters. The van der Waals surface area contributed by atoms with Gasteiger partial charge < -0.3 is 15.8 Å². The molecule has 0 saturated carbocycles. The maximum atomic E-state index is 13.3. The van der Waals surface area contributed by atoms with Gasteiger partial charge in [0, 0.05) is 18.7 Å². The SMILES string of the molecule is CC1COCCC1Nc1cc(F)cc(F)c1N. The lowest BCUT2D eigenvalue weighted by Crippen LogP contribution is -2.36. The number of nitrogens with one attached hydrogen (secondary N) is 1. The number of nitrogens with two attached hydrogens (primary N) is 1. The molecule has 5 heteroatoms. The van der Waals surface area contributed by atoms with E-state index < -0.39 is 11.6 Å². The predicted octanol–water partition coefficient (Wildman–Crippen LogP) is 2.38. The van der Waals surface area contributed by atoms with E-state index >= 15 is 0 Å². The maximum Gasteiger partial charge on any atom is 0.151 e. The van der Waals surface area contributed by atoms with Gasteiger partial charge >= 0.3 is 0 Å². The highest BCUT2D eigenvalue weighted by Crippen LogP contribution is 2.27. The molecule has 0 aliphatic carbocycles. The topological polar surface area (TPSA) is 47.3 Å². The number of anilines is 2. The number of rotatable bonds is 2. The van der Waals surface area contributed by atoms with Crippen molar-refractivity contribution in [1.29, 1.82) is 0 Å². The van der Waals surface area contributed by atoms with Gasteiger partial charge in [-0.1, -0.05) is 6.92 Å². The highest BCUT2D eigenvalue weighted by molar-refractivity contribution is 5.67. The summed E-state index contributed by atoms with van der Waals surface area (Å²) >= 11 is 0. The molecular weight excluding hydrogens is 226 g/mol. The predicted molar refractivity (Wildman–Crippen MR) is 62.8 cm³/mol. The molecule has 1 aromatic carbocycles. The van der Waals surface area contributed by atoms with Crippen LogP contribution in [0.25, 0.3) is 0 Å². The van der Waals surface area contributed by atoms with Gasteiger partial charge in [0.25, 0.3) is 0 Å². The Balaban J connectivity index is 2.17. The van der Waals surface area contributed by atoms with Crippen molar-refractivity contribution in [3.8, 4) is 0 Å². The quantitative estimate of drug-likeness (QED) is 0.783. The Morgan fingerprint density at radius 2 is 2.18 bits per heavy atom. The second-order valence-corrected chi connectivity index (χ2v) is 4.44. The number of ether oxygens (including phenoxy) is 1. The van der Waals surface area contributed by atoms with Crippen LogP contribution in [0.15, 0.2) is 12.1 Å². The van der Waals surface area contributed by atoms with Crippen molar-refractivity contribution in [3.05, 3.63) is 23.8 Å². The fraction of sp³-hybridized carbons (Fsp3) is 0.500. The van der Waals surface area contributed by atoms with Crippen LogP contribution in [0, 0.1) is 17.6 Å². The van der Waals surface area contributed by atoms with E-state index in [0.29, 0.717) is 18.9 Å². The van der Waals surface area contributed by atoms with Crippen LogP contribution in [0.5, 0.6) is 0 Å².